The van der Waals surface area contributed by atoms with Crippen LogP contribution in [-0.4, -0.2) is 27.7 Å². The van der Waals surface area contributed by atoms with Gasteiger partial charge in [-0.15, -0.1) is 0 Å². The fourth-order valence-electron chi connectivity index (χ4n) is 3.52. The molecule has 0 spiro atoms. The Kier molecular flexibility index (Phi) is 7.46. The Hall–Kier alpha value is -2.00. The van der Waals surface area contributed by atoms with E-state index < -0.39 is 12.1 Å². The molecular weight excluding hydrogens is 495 g/mol. The zero-order valence-electron chi connectivity index (χ0n) is 17.5. The van der Waals surface area contributed by atoms with E-state index in [1.54, 1.807) is 31.3 Å². The molecule has 0 amide bonds. The Morgan fingerprint density at radius 2 is 2.17 bits per heavy atom. The smallest absolute Gasteiger partial charge is 0.308 e. The number of hydrogen-bond acceptors (Lipinski definition) is 6. The highest BCUT2D eigenvalue weighted by molar-refractivity contribution is 14.1. The second kappa shape index (κ2) is 9.87. The van der Waals surface area contributed by atoms with Crippen molar-refractivity contribution < 1.29 is 19.4 Å². The first-order chi connectivity index (χ1) is 14.3. The molecule has 0 bridgehead atoms. The number of halogens is 1. The number of aliphatic hydroxyl groups is 1. The minimum atomic E-state index is -0.936. The average molecular weight is 522 g/mol. The Labute approximate surface area is 190 Å². The lowest BCUT2D eigenvalue weighted by Crippen LogP contribution is -2.13. The third-order valence-corrected chi connectivity index (χ3v) is 5.96. The van der Waals surface area contributed by atoms with E-state index in [0.29, 0.717) is 17.9 Å². The van der Waals surface area contributed by atoms with E-state index >= 15 is 0 Å². The second-order valence-corrected chi connectivity index (χ2v) is 8.95. The quantitative estimate of drug-likeness (QED) is 0.395. The number of carbonyl (C=O) groups excluding carboxylic acids is 1. The number of nitrogens with zero attached hydrogens (tertiary/aromatic N) is 2. The van der Waals surface area contributed by atoms with Gasteiger partial charge in [0.05, 0.1) is 36.7 Å². The van der Waals surface area contributed by atoms with E-state index in [1.807, 2.05) is 6.07 Å². The Bertz CT molecular complexity index is 943. The molecule has 6 nitrogen and oxygen atoms in total. The number of benzene rings is 1. The summed E-state index contributed by atoms with van der Waals surface area (Å²) < 4.78 is 11.7. The van der Waals surface area contributed by atoms with Crippen LogP contribution in [0.1, 0.15) is 63.1 Å². The zero-order valence-corrected chi connectivity index (χ0v) is 19.7. The van der Waals surface area contributed by atoms with Gasteiger partial charge in [-0.3, -0.25) is 4.79 Å². The fraction of sp³-hybridized carbons (Fsp3) is 0.435. The van der Waals surface area contributed by atoms with Crippen molar-refractivity contribution in [3.05, 3.63) is 57.2 Å². The number of ether oxygens (including phenoxy) is 2. The van der Waals surface area contributed by atoms with Gasteiger partial charge in [0.1, 0.15) is 16.1 Å². The lowest BCUT2D eigenvalue weighted by molar-refractivity contribution is -0.145. The van der Waals surface area contributed by atoms with Crippen molar-refractivity contribution in [1.82, 2.24) is 9.97 Å². The molecule has 30 heavy (non-hydrogen) atoms. The van der Waals surface area contributed by atoms with Crippen LogP contribution in [0.5, 0.6) is 5.75 Å². The lowest BCUT2D eigenvalue weighted by Gasteiger charge is -2.22. The third kappa shape index (κ3) is 5.57. The summed E-state index contributed by atoms with van der Waals surface area (Å²) in [6.45, 7) is 6.77. The summed E-state index contributed by atoms with van der Waals surface area (Å²) in [4.78, 5) is 20.9. The van der Waals surface area contributed by atoms with E-state index in [-0.39, 0.29) is 18.4 Å². The van der Waals surface area contributed by atoms with Crippen LogP contribution in [0, 0.1) is 9.12 Å². The first-order valence-corrected chi connectivity index (χ1v) is 11.2. The van der Waals surface area contributed by atoms with Crippen LogP contribution >= 0.6 is 22.6 Å². The van der Waals surface area contributed by atoms with E-state index in [2.05, 4.69) is 47.5 Å². The van der Waals surface area contributed by atoms with Crippen molar-refractivity contribution in [3.63, 3.8) is 0 Å². The standard InChI is InChI=1S/C23H27IN2O4/c1-4-29-20(28)12-19(27)15-7-5-8-17(11-15)30-14-16-13-25-22(24)21(26-16)18-9-6-10-23(18,2)3/h5,7-9,11,13,19,27H,4,6,10,12,14H2,1-3H3/t19-/m1/s1. The van der Waals surface area contributed by atoms with Gasteiger partial charge < -0.3 is 14.6 Å². The van der Waals surface area contributed by atoms with Crippen LogP contribution in [0.4, 0.5) is 0 Å². The second-order valence-electron chi connectivity index (χ2n) is 7.93. The molecule has 0 unspecified atom stereocenters. The first kappa shape index (κ1) is 22.7. The molecule has 1 heterocycles. The Morgan fingerprint density at radius 3 is 2.87 bits per heavy atom. The predicted molar refractivity (Wildman–Crippen MR) is 123 cm³/mol. The van der Waals surface area contributed by atoms with E-state index in [1.165, 1.54) is 5.57 Å². The zero-order chi connectivity index (χ0) is 21.7. The summed E-state index contributed by atoms with van der Waals surface area (Å²) in [5.74, 6) is 0.167. The molecule has 1 aromatic carbocycles. The van der Waals surface area contributed by atoms with Gasteiger partial charge in [0, 0.05) is 0 Å². The molecule has 0 saturated carbocycles. The number of esters is 1. The third-order valence-electron chi connectivity index (χ3n) is 5.17. The van der Waals surface area contributed by atoms with Crippen LogP contribution in [0.2, 0.25) is 0 Å². The van der Waals surface area contributed by atoms with Gasteiger partial charge in [0.25, 0.3) is 0 Å². The molecule has 0 radical (unpaired) electrons. The van der Waals surface area contributed by atoms with Crippen LogP contribution in [0.3, 0.4) is 0 Å². The Balaban J connectivity index is 1.69. The molecule has 1 aliphatic rings. The number of aromatic nitrogens is 2. The van der Waals surface area contributed by atoms with Crippen molar-refractivity contribution in [2.24, 2.45) is 5.41 Å². The van der Waals surface area contributed by atoms with Crippen molar-refractivity contribution in [1.29, 1.82) is 0 Å². The molecule has 7 heteroatoms. The number of carbonyl (C=O) groups is 1. The number of hydrogen-bond donors (Lipinski definition) is 1. The van der Waals surface area contributed by atoms with Gasteiger partial charge in [0.2, 0.25) is 0 Å². The fourth-order valence-corrected chi connectivity index (χ4v) is 4.07. The van der Waals surface area contributed by atoms with E-state index in [4.69, 9.17) is 14.5 Å². The average Bonchev–Trinajstić information content (AvgIpc) is 3.06. The predicted octanol–water partition coefficient (Wildman–Crippen LogP) is 4.85. The lowest BCUT2D eigenvalue weighted by atomic mass is 9.84. The first-order valence-electron chi connectivity index (χ1n) is 10.1. The number of rotatable bonds is 8. The SMILES string of the molecule is CCOC(=O)C[C@@H](O)c1cccc(OCc2cnc(I)c(C3=CCCC3(C)C)n2)c1. The summed E-state index contributed by atoms with van der Waals surface area (Å²) in [6, 6.07) is 7.09. The molecular formula is C23H27IN2O4. The molecule has 0 saturated heterocycles. The van der Waals surface area contributed by atoms with Crippen molar-refractivity contribution in [3.8, 4) is 5.75 Å². The minimum absolute atomic E-state index is 0.0891. The molecule has 1 aromatic heterocycles. The maximum atomic E-state index is 11.6. The molecule has 1 atom stereocenters. The van der Waals surface area contributed by atoms with Crippen LogP contribution < -0.4 is 4.74 Å². The molecule has 2 aromatic rings. The Morgan fingerprint density at radius 1 is 1.37 bits per heavy atom. The maximum absolute atomic E-state index is 11.6. The topological polar surface area (TPSA) is 81.5 Å². The summed E-state index contributed by atoms with van der Waals surface area (Å²) in [5.41, 5.74) is 3.61. The summed E-state index contributed by atoms with van der Waals surface area (Å²) in [6.07, 6.45) is 5.13. The highest BCUT2D eigenvalue weighted by Crippen LogP contribution is 2.44. The normalized spacial score (nSPS) is 16.1. The van der Waals surface area contributed by atoms with Crippen LogP contribution in [0.15, 0.2) is 36.5 Å². The highest BCUT2D eigenvalue weighted by Gasteiger charge is 2.30. The summed E-state index contributed by atoms with van der Waals surface area (Å²) in [7, 11) is 0. The van der Waals surface area contributed by atoms with Gasteiger partial charge >= 0.3 is 5.97 Å². The van der Waals surface area contributed by atoms with Crippen molar-refractivity contribution in [2.45, 2.75) is 52.7 Å². The van der Waals surface area contributed by atoms with Gasteiger partial charge in [-0.25, -0.2) is 9.97 Å². The summed E-state index contributed by atoms with van der Waals surface area (Å²) in [5, 5.41) is 10.3. The van der Waals surface area contributed by atoms with Crippen LogP contribution in [0.25, 0.3) is 5.57 Å². The highest BCUT2D eigenvalue weighted by atomic mass is 127. The van der Waals surface area contributed by atoms with E-state index in [0.717, 1.165) is 27.9 Å². The maximum Gasteiger partial charge on any atom is 0.308 e. The van der Waals surface area contributed by atoms with Crippen LogP contribution in [-0.2, 0) is 16.1 Å². The van der Waals surface area contributed by atoms with Gasteiger partial charge in [-0.1, -0.05) is 32.1 Å². The van der Waals surface area contributed by atoms with Gasteiger partial charge in [-0.05, 0) is 71.0 Å². The molecule has 3 rings (SSSR count). The van der Waals surface area contributed by atoms with E-state index in [9.17, 15) is 9.90 Å². The monoisotopic (exact) mass is 522 g/mol. The van der Waals surface area contributed by atoms with Gasteiger partial charge in [0.15, 0.2) is 0 Å². The molecule has 0 fully saturated rings. The molecule has 160 valence electrons. The molecule has 1 N–H and O–H groups in total. The van der Waals surface area contributed by atoms with Gasteiger partial charge in [-0.2, -0.15) is 0 Å². The largest absolute Gasteiger partial charge is 0.487 e. The number of allylic oxidation sites excluding steroid dienone is 2. The van der Waals surface area contributed by atoms with Crippen molar-refractivity contribution in [2.75, 3.05) is 6.61 Å². The summed E-state index contributed by atoms with van der Waals surface area (Å²) >= 11 is 2.23. The minimum Gasteiger partial charge on any atom is -0.487 e. The molecule has 1 aliphatic carbocycles. The number of aliphatic hydroxyl groups excluding tert-OH is 1. The van der Waals surface area contributed by atoms with Crippen molar-refractivity contribution >= 4 is 34.1 Å². The molecule has 0 aliphatic heterocycles.